The molecule has 0 aliphatic heterocycles. The molecule has 0 unspecified atom stereocenters. The summed E-state index contributed by atoms with van der Waals surface area (Å²) in [5.41, 5.74) is 5.23. The van der Waals surface area contributed by atoms with Crippen molar-refractivity contribution in [2.75, 3.05) is 6.61 Å². The highest BCUT2D eigenvalue weighted by atomic mass is 16.4. The average molecular weight is 349 g/mol. The van der Waals surface area contributed by atoms with Crippen molar-refractivity contribution >= 4 is 29.7 Å². The monoisotopic (exact) mass is 349 g/mol. The molecule has 0 saturated carbocycles. The van der Waals surface area contributed by atoms with Gasteiger partial charge in [-0.1, -0.05) is 0 Å². The Morgan fingerprint density at radius 3 is 1.83 bits per heavy atom. The molecule has 12 nitrogen and oxygen atoms in total. The SMILES string of the molecule is N[C@@H](CO)C(=O)N[C@@H](CC(=O)O)C(=O)N[C@@H](CCC(=O)O)C(=O)O. The number of nitrogens with two attached hydrogens (primary N) is 1. The van der Waals surface area contributed by atoms with Gasteiger partial charge < -0.3 is 36.8 Å². The number of carbonyl (C=O) groups is 5. The Morgan fingerprint density at radius 1 is 0.875 bits per heavy atom. The van der Waals surface area contributed by atoms with E-state index in [1.807, 2.05) is 10.6 Å². The van der Waals surface area contributed by atoms with Gasteiger partial charge in [-0.3, -0.25) is 19.2 Å². The summed E-state index contributed by atoms with van der Waals surface area (Å²) in [6, 6.07) is -4.61. The van der Waals surface area contributed by atoms with Gasteiger partial charge in [-0.05, 0) is 6.42 Å². The molecule has 0 aromatic carbocycles. The van der Waals surface area contributed by atoms with E-state index in [0.29, 0.717) is 0 Å². The van der Waals surface area contributed by atoms with Crippen LogP contribution < -0.4 is 16.4 Å². The molecule has 0 rings (SSSR count). The van der Waals surface area contributed by atoms with Gasteiger partial charge >= 0.3 is 17.9 Å². The molecule has 0 radical (unpaired) electrons. The largest absolute Gasteiger partial charge is 0.481 e. The summed E-state index contributed by atoms with van der Waals surface area (Å²) >= 11 is 0. The molecule has 0 saturated heterocycles. The quantitative estimate of drug-likeness (QED) is 0.197. The number of amides is 2. The van der Waals surface area contributed by atoms with E-state index in [9.17, 15) is 24.0 Å². The molecule has 0 heterocycles. The van der Waals surface area contributed by atoms with E-state index >= 15 is 0 Å². The van der Waals surface area contributed by atoms with Gasteiger partial charge in [0.15, 0.2) is 0 Å². The first-order valence-electron chi connectivity index (χ1n) is 6.72. The third kappa shape index (κ3) is 8.05. The molecule has 0 spiro atoms. The topological polar surface area (TPSA) is 216 Å². The van der Waals surface area contributed by atoms with Crippen LogP contribution in [0.4, 0.5) is 0 Å². The Kier molecular flexibility index (Phi) is 8.97. The minimum absolute atomic E-state index is 0.430. The fraction of sp³-hybridized carbons (Fsp3) is 0.583. The van der Waals surface area contributed by atoms with Gasteiger partial charge in [0.25, 0.3) is 0 Å². The van der Waals surface area contributed by atoms with Crippen LogP contribution in [0.2, 0.25) is 0 Å². The maximum absolute atomic E-state index is 12.0. The lowest BCUT2D eigenvalue weighted by atomic mass is 10.1. The molecular formula is C12H19N3O9. The number of aliphatic hydroxyl groups excluding tert-OH is 1. The van der Waals surface area contributed by atoms with Crippen molar-refractivity contribution < 1.29 is 44.4 Å². The van der Waals surface area contributed by atoms with Crippen LogP contribution in [-0.4, -0.2) is 74.9 Å². The van der Waals surface area contributed by atoms with Crippen molar-refractivity contribution in [3.8, 4) is 0 Å². The van der Waals surface area contributed by atoms with Crippen LogP contribution in [0.15, 0.2) is 0 Å². The van der Waals surface area contributed by atoms with E-state index in [2.05, 4.69) is 0 Å². The first-order valence-corrected chi connectivity index (χ1v) is 6.72. The molecule has 3 atom stereocenters. The number of nitrogens with one attached hydrogen (secondary N) is 2. The van der Waals surface area contributed by atoms with Gasteiger partial charge in [-0.15, -0.1) is 0 Å². The number of hydrogen-bond acceptors (Lipinski definition) is 7. The van der Waals surface area contributed by atoms with Gasteiger partial charge in [0, 0.05) is 6.42 Å². The van der Waals surface area contributed by atoms with E-state index in [0.717, 1.165) is 0 Å². The van der Waals surface area contributed by atoms with Gasteiger partial charge in [0.1, 0.15) is 18.1 Å². The number of rotatable bonds is 11. The number of hydrogen-bond donors (Lipinski definition) is 7. The lowest BCUT2D eigenvalue weighted by Gasteiger charge is -2.21. The van der Waals surface area contributed by atoms with Gasteiger partial charge in [-0.25, -0.2) is 4.79 Å². The highest BCUT2D eigenvalue weighted by molar-refractivity contribution is 5.94. The summed E-state index contributed by atoms with van der Waals surface area (Å²) in [6.07, 6.45) is -1.83. The number of aliphatic hydroxyl groups is 1. The van der Waals surface area contributed by atoms with Crippen LogP contribution in [0.5, 0.6) is 0 Å². The number of carbonyl (C=O) groups excluding carboxylic acids is 2. The van der Waals surface area contributed by atoms with E-state index in [1.165, 1.54) is 0 Å². The molecule has 8 N–H and O–H groups in total. The molecule has 24 heavy (non-hydrogen) atoms. The highest BCUT2D eigenvalue weighted by Crippen LogP contribution is 2.01. The van der Waals surface area contributed by atoms with Crippen molar-refractivity contribution in [2.45, 2.75) is 37.4 Å². The molecule has 0 aromatic rings. The zero-order valence-corrected chi connectivity index (χ0v) is 12.5. The van der Waals surface area contributed by atoms with E-state index in [-0.39, 0.29) is 0 Å². The Hall–Kier alpha value is -2.73. The van der Waals surface area contributed by atoms with Crippen molar-refractivity contribution in [3.05, 3.63) is 0 Å². The first-order chi connectivity index (χ1) is 11.1. The summed E-state index contributed by atoms with van der Waals surface area (Å²) in [5.74, 6) is -6.38. The Bertz CT molecular complexity index is 508. The standard InChI is InChI=1S/C12H19N3O9/c13-5(4-16)10(21)15-7(3-9(19)20)11(22)14-6(12(23)24)1-2-8(17)18/h5-7,16H,1-4,13H2,(H,14,22)(H,15,21)(H,17,18)(H,19,20)(H,23,24)/t5-,6-,7-/m0/s1. The molecule has 136 valence electrons. The minimum Gasteiger partial charge on any atom is -0.481 e. The maximum atomic E-state index is 12.0. The predicted octanol–water partition coefficient (Wildman–Crippen LogP) is -3.30. The lowest BCUT2D eigenvalue weighted by molar-refractivity contribution is -0.144. The van der Waals surface area contributed by atoms with Crippen molar-refractivity contribution in [1.82, 2.24) is 10.6 Å². The van der Waals surface area contributed by atoms with Crippen LogP contribution in [0.3, 0.4) is 0 Å². The second kappa shape index (κ2) is 10.1. The summed E-state index contributed by atoms with van der Waals surface area (Å²) in [4.78, 5) is 55.8. The maximum Gasteiger partial charge on any atom is 0.326 e. The van der Waals surface area contributed by atoms with Crippen molar-refractivity contribution in [3.63, 3.8) is 0 Å². The van der Waals surface area contributed by atoms with E-state index in [4.69, 9.17) is 26.2 Å². The Labute approximate surface area is 135 Å². The Morgan fingerprint density at radius 2 is 1.42 bits per heavy atom. The number of aliphatic carboxylic acids is 3. The number of carboxylic acid groups (broad SMARTS) is 3. The number of carboxylic acids is 3. The van der Waals surface area contributed by atoms with Gasteiger partial charge in [0.2, 0.25) is 11.8 Å². The molecule has 0 bridgehead atoms. The van der Waals surface area contributed by atoms with Crippen molar-refractivity contribution in [1.29, 1.82) is 0 Å². The fourth-order valence-corrected chi connectivity index (χ4v) is 1.54. The molecule has 12 heteroatoms. The zero-order valence-electron chi connectivity index (χ0n) is 12.5. The van der Waals surface area contributed by atoms with Gasteiger partial charge in [0.05, 0.1) is 13.0 Å². The first kappa shape index (κ1) is 21.3. The third-order valence-corrected chi connectivity index (χ3v) is 2.81. The smallest absolute Gasteiger partial charge is 0.326 e. The molecule has 2 amide bonds. The summed E-state index contributed by atoms with van der Waals surface area (Å²) in [5, 5.41) is 38.9. The third-order valence-electron chi connectivity index (χ3n) is 2.81. The summed E-state index contributed by atoms with van der Waals surface area (Å²) in [6.45, 7) is -0.746. The van der Waals surface area contributed by atoms with Gasteiger partial charge in [-0.2, -0.15) is 0 Å². The van der Waals surface area contributed by atoms with Crippen LogP contribution in [-0.2, 0) is 24.0 Å². The highest BCUT2D eigenvalue weighted by Gasteiger charge is 2.29. The summed E-state index contributed by atoms with van der Waals surface area (Å²) < 4.78 is 0. The average Bonchev–Trinajstić information content (AvgIpc) is 2.48. The second-order valence-corrected chi connectivity index (χ2v) is 4.78. The molecule has 0 fully saturated rings. The predicted molar refractivity (Wildman–Crippen MR) is 75.7 cm³/mol. The zero-order chi connectivity index (χ0) is 18.9. The molecule has 0 aliphatic carbocycles. The Balaban J connectivity index is 5.00. The lowest BCUT2D eigenvalue weighted by Crippen LogP contribution is -2.55. The molecule has 0 aliphatic rings. The second-order valence-electron chi connectivity index (χ2n) is 4.78. The van der Waals surface area contributed by atoms with E-state index < -0.39 is 73.7 Å². The van der Waals surface area contributed by atoms with Crippen molar-refractivity contribution in [2.24, 2.45) is 5.73 Å². The van der Waals surface area contributed by atoms with E-state index in [1.54, 1.807) is 0 Å². The molecule has 0 aromatic heterocycles. The van der Waals surface area contributed by atoms with Crippen LogP contribution in [0.1, 0.15) is 19.3 Å². The van der Waals surface area contributed by atoms with Crippen LogP contribution in [0, 0.1) is 0 Å². The fourth-order valence-electron chi connectivity index (χ4n) is 1.54. The van der Waals surface area contributed by atoms with Crippen LogP contribution >= 0.6 is 0 Å². The summed E-state index contributed by atoms with van der Waals surface area (Å²) in [7, 11) is 0. The molecular weight excluding hydrogens is 330 g/mol. The normalized spacial score (nSPS) is 14.1. The minimum atomic E-state index is -1.64. The van der Waals surface area contributed by atoms with Crippen LogP contribution in [0.25, 0.3) is 0 Å².